The Bertz CT molecular complexity index is 378. The Hall–Kier alpha value is -1.43. The Morgan fingerprint density at radius 2 is 2.28 bits per heavy atom. The summed E-state index contributed by atoms with van der Waals surface area (Å²) in [6, 6.07) is 0. The van der Waals surface area contributed by atoms with Gasteiger partial charge in [-0.1, -0.05) is 25.4 Å². The van der Waals surface area contributed by atoms with E-state index in [-0.39, 0.29) is 0 Å². The summed E-state index contributed by atoms with van der Waals surface area (Å²) < 4.78 is 5.12. The quantitative estimate of drug-likeness (QED) is 0.759. The molecule has 1 N–H and O–H groups in total. The number of unbranched alkanes of at least 4 members (excludes halogenated alkanes) is 1. The Balaban J connectivity index is 2.41. The van der Waals surface area contributed by atoms with E-state index in [4.69, 9.17) is 9.63 Å². The van der Waals surface area contributed by atoms with Crippen LogP contribution in [0.15, 0.2) is 4.52 Å². The van der Waals surface area contributed by atoms with Gasteiger partial charge < -0.3 is 9.63 Å². The third-order valence-electron chi connectivity index (χ3n) is 2.68. The van der Waals surface area contributed by atoms with E-state index < -0.39 is 11.9 Å². The van der Waals surface area contributed by atoms with Crippen molar-refractivity contribution in [3.8, 4) is 0 Å². The van der Waals surface area contributed by atoms with E-state index in [1.165, 1.54) is 0 Å². The molecular formula is C12H21N3O3. The van der Waals surface area contributed by atoms with Crippen LogP contribution in [0.1, 0.15) is 38.4 Å². The standard InChI is InChI=1S/C12H21N3O3/c1-4-5-6-10-13-11(18-14-10)8-15(3)7-9(2)12(16)17/h9H,4-8H2,1-3H3,(H,16,17). The molecule has 1 atom stereocenters. The van der Waals surface area contributed by atoms with Gasteiger partial charge in [0.05, 0.1) is 12.5 Å². The first-order valence-corrected chi connectivity index (χ1v) is 6.25. The highest BCUT2D eigenvalue weighted by molar-refractivity contribution is 5.69. The number of aryl methyl sites for hydroxylation is 1. The van der Waals surface area contributed by atoms with Gasteiger partial charge in [-0.15, -0.1) is 0 Å². The molecule has 0 aliphatic heterocycles. The lowest BCUT2D eigenvalue weighted by Gasteiger charge is -2.16. The van der Waals surface area contributed by atoms with Gasteiger partial charge in [-0.2, -0.15) is 4.98 Å². The highest BCUT2D eigenvalue weighted by Crippen LogP contribution is 2.06. The van der Waals surface area contributed by atoms with Crippen LogP contribution in [-0.2, 0) is 17.8 Å². The fourth-order valence-corrected chi connectivity index (χ4v) is 1.63. The first-order valence-electron chi connectivity index (χ1n) is 6.25. The van der Waals surface area contributed by atoms with Crippen LogP contribution in [-0.4, -0.2) is 39.7 Å². The number of carboxylic acid groups (broad SMARTS) is 1. The molecule has 1 unspecified atom stereocenters. The molecule has 0 aliphatic rings. The minimum Gasteiger partial charge on any atom is -0.481 e. The van der Waals surface area contributed by atoms with Gasteiger partial charge in [0, 0.05) is 13.0 Å². The second kappa shape index (κ2) is 7.10. The molecule has 18 heavy (non-hydrogen) atoms. The summed E-state index contributed by atoms with van der Waals surface area (Å²) >= 11 is 0. The zero-order valence-electron chi connectivity index (χ0n) is 11.2. The number of aliphatic carboxylic acids is 1. The highest BCUT2D eigenvalue weighted by Gasteiger charge is 2.15. The molecule has 0 radical (unpaired) electrons. The molecule has 1 aromatic rings. The van der Waals surface area contributed by atoms with E-state index in [9.17, 15) is 4.79 Å². The van der Waals surface area contributed by atoms with Crippen LogP contribution >= 0.6 is 0 Å². The van der Waals surface area contributed by atoms with Crippen LogP contribution in [0.25, 0.3) is 0 Å². The molecule has 0 bridgehead atoms. The summed E-state index contributed by atoms with van der Waals surface area (Å²) in [5.74, 6) is 0.0706. The summed E-state index contributed by atoms with van der Waals surface area (Å²) in [5, 5.41) is 12.7. The van der Waals surface area contributed by atoms with Crippen molar-refractivity contribution in [1.82, 2.24) is 15.0 Å². The smallest absolute Gasteiger partial charge is 0.307 e. The lowest BCUT2D eigenvalue weighted by Crippen LogP contribution is -2.28. The maximum absolute atomic E-state index is 10.7. The third kappa shape index (κ3) is 4.83. The molecular weight excluding hydrogens is 234 g/mol. The number of rotatable bonds is 8. The van der Waals surface area contributed by atoms with Crippen LogP contribution in [0.3, 0.4) is 0 Å². The van der Waals surface area contributed by atoms with Crippen molar-refractivity contribution in [1.29, 1.82) is 0 Å². The molecule has 6 nitrogen and oxygen atoms in total. The molecule has 0 saturated heterocycles. The van der Waals surface area contributed by atoms with Gasteiger partial charge in [0.1, 0.15) is 0 Å². The van der Waals surface area contributed by atoms with Gasteiger partial charge >= 0.3 is 5.97 Å². The van der Waals surface area contributed by atoms with Crippen LogP contribution in [0.2, 0.25) is 0 Å². The molecule has 1 heterocycles. The molecule has 0 spiro atoms. The first kappa shape index (κ1) is 14.6. The molecule has 1 rings (SSSR count). The monoisotopic (exact) mass is 255 g/mol. The van der Waals surface area contributed by atoms with Crippen LogP contribution in [0.4, 0.5) is 0 Å². The highest BCUT2D eigenvalue weighted by atomic mass is 16.5. The number of carbonyl (C=O) groups is 1. The van der Waals surface area contributed by atoms with E-state index in [0.29, 0.717) is 19.0 Å². The Morgan fingerprint density at radius 1 is 1.56 bits per heavy atom. The minimum absolute atomic E-state index is 0.405. The fraction of sp³-hybridized carbons (Fsp3) is 0.750. The number of nitrogens with zero attached hydrogens (tertiary/aromatic N) is 3. The average Bonchev–Trinajstić information content (AvgIpc) is 2.73. The van der Waals surface area contributed by atoms with Crippen molar-refractivity contribution >= 4 is 5.97 Å². The fourth-order valence-electron chi connectivity index (χ4n) is 1.63. The lowest BCUT2D eigenvalue weighted by molar-refractivity contribution is -0.141. The Kier molecular flexibility index (Phi) is 5.77. The van der Waals surface area contributed by atoms with Gasteiger partial charge in [0.2, 0.25) is 5.89 Å². The zero-order chi connectivity index (χ0) is 13.5. The lowest BCUT2D eigenvalue weighted by atomic mass is 10.2. The van der Waals surface area contributed by atoms with E-state index in [1.807, 2.05) is 11.9 Å². The van der Waals surface area contributed by atoms with Crippen molar-refractivity contribution in [3.63, 3.8) is 0 Å². The summed E-state index contributed by atoms with van der Waals surface area (Å²) in [5.41, 5.74) is 0. The second-order valence-corrected chi connectivity index (χ2v) is 4.64. The van der Waals surface area contributed by atoms with Crippen LogP contribution < -0.4 is 0 Å². The normalized spacial score (nSPS) is 12.9. The maximum atomic E-state index is 10.7. The maximum Gasteiger partial charge on any atom is 0.307 e. The van der Waals surface area contributed by atoms with Crippen molar-refractivity contribution in [2.45, 2.75) is 39.7 Å². The SMILES string of the molecule is CCCCc1noc(CN(C)CC(C)C(=O)O)n1. The topological polar surface area (TPSA) is 79.5 Å². The number of hydrogen-bond donors (Lipinski definition) is 1. The van der Waals surface area contributed by atoms with Crippen molar-refractivity contribution < 1.29 is 14.4 Å². The average molecular weight is 255 g/mol. The van der Waals surface area contributed by atoms with Crippen LogP contribution in [0.5, 0.6) is 0 Å². The van der Waals surface area contributed by atoms with Gasteiger partial charge in [-0.3, -0.25) is 9.69 Å². The van der Waals surface area contributed by atoms with E-state index >= 15 is 0 Å². The minimum atomic E-state index is -0.795. The summed E-state index contributed by atoms with van der Waals surface area (Å²) in [7, 11) is 1.84. The number of aromatic nitrogens is 2. The number of carboxylic acids is 1. The third-order valence-corrected chi connectivity index (χ3v) is 2.68. The van der Waals surface area contributed by atoms with Gasteiger partial charge in [-0.25, -0.2) is 0 Å². The van der Waals surface area contributed by atoms with Gasteiger partial charge in [-0.05, 0) is 13.5 Å². The molecule has 0 aromatic carbocycles. The summed E-state index contributed by atoms with van der Waals surface area (Å²) in [4.78, 5) is 16.9. The molecule has 102 valence electrons. The van der Waals surface area contributed by atoms with Crippen LogP contribution in [0, 0.1) is 5.92 Å². The zero-order valence-corrected chi connectivity index (χ0v) is 11.2. The van der Waals surface area contributed by atoms with E-state index in [0.717, 1.165) is 25.1 Å². The Labute approximate surface area is 107 Å². The summed E-state index contributed by atoms with van der Waals surface area (Å²) in [6.45, 7) is 4.74. The van der Waals surface area contributed by atoms with Crippen molar-refractivity contribution in [3.05, 3.63) is 11.7 Å². The summed E-state index contributed by atoms with van der Waals surface area (Å²) in [6.07, 6.45) is 2.97. The predicted molar refractivity (Wildman–Crippen MR) is 66.0 cm³/mol. The molecule has 0 saturated carbocycles. The van der Waals surface area contributed by atoms with Gasteiger partial charge in [0.25, 0.3) is 0 Å². The molecule has 6 heteroatoms. The molecule has 0 aliphatic carbocycles. The molecule has 0 amide bonds. The largest absolute Gasteiger partial charge is 0.481 e. The van der Waals surface area contributed by atoms with Gasteiger partial charge in [0.15, 0.2) is 5.82 Å². The molecule has 0 fully saturated rings. The Morgan fingerprint density at radius 3 is 2.89 bits per heavy atom. The predicted octanol–water partition coefficient (Wildman–Crippen LogP) is 1.56. The van der Waals surface area contributed by atoms with Crippen molar-refractivity contribution in [2.24, 2.45) is 5.92 Å². The second-order valence-electron chi connectivity index (χ2n) is 4.64. The molecule has 1 aromatic heterocycles. The van der Waals surface area contributed by atoms with Crippen molar-refractivity contribution in [2.75, 3.05) is 13.6 Å². The first-order chi connectivity index (χ1) is 8.52. The van der Waals surface area contributed by atoms with E-state index in [1.54, 1.807) is 6.92 Å². The van der Waals surface area contributed by atoms with E-state index in [2.05, 4.69) is 17.1 Å². The number of hydrogen-bond acceptors (Lipinski definition) is 5.